The highest BCUT2D eigenvalue weighted by molar-refractivity contribution is 7.17. The molecule has 0 spiro atoms. The van der Waals surface area contributed by atoms with Gasteiger partial charge < -0.3 is 5.11 Å². The fourth-order valence-corrected chi connectivity index (χ4v) is 2.28. The third-order valence-corrected chi connectivity index (χ3v) is 3.33. The molecule has 1 aromatic heterocycles. The smallest absolute Gasteiger partial charge is 0.185 e. The molecule has 1 aromatic rings. The molecule has 1 N–H and O–H groups in total. The molecule has 14 heavy (non-hydrogen) atoms. The molecule has 0 fully saturated rings. The minimum atomic E-state index is 0.0313. The maximum Gasteiger partial charge on any atom is 0.185 e. The Morgan fingerprint density at radius 2 is 2.21 bits per heavy atom. The Bertz CT molecular complexity index is 347. The maximum atomic E-state index is 9.10. The maximum absolute atomic E-state index is 9.10. The topological polar surface area (TPSA) is 33.1 Å². The fourth-order valence-electron chi connectivity index (χ4n) is 0.940. The number of aliphatic hydroxyl groups is 1. The number of thiazole rings is 1. The van der Waals surface area contributed by atoms with Gasteiger partial charge in [0.25, 0.3) is 0 Å². The summed E-state index contributed by atoms with van der Waals surface area (Å²) in [6.07, 6.45) is 1.84. The van der Waals surface area contributed by atoms with Crippen molar-refractivity contribution in [1.29, 1.82) is 0 Å². The van der Waals surface area contributed by atoms with Crippen molar-refractivity contribution < 1.29 is 5.11 Å². The quantitative estimate of drug-likeness (QED) is 0.893. The second-order valence-corrected chi connectivity index (χ2v) is 5.12. The summed E-state index contributed by atoms with van der Waals surface area (Å²) >= 11 is 12.9. The van der Waals surface area contributed by atoms with Crippen LogP contribution in [0.2, 0.25) is 9.62 Å². The van der Waals surface area contributed by atoms with Crippen LogP contribution in [0.25, 0.3) is 6.08 Å². The summed E-state index contributed by atoms with van der Waals surface area (Å²) < 4.78 is 0.419. The summed E-state index contributed by atoms with van der Waals surface area (Å²) in [5.74, 6) is 0.289. The highest BCUT2D eigenvalue weighted by atomic mass is 35.5. The zero-order valence-corrected chi connectivity index (χ0v) is 10.2. The van der Waals surface area contributed by atoms with Gasteiger partial charge in [0.15, 0.2) is 4.47 Å². The molecule has 0 unspecified atom stereocenters. The van der Waals surface area contributed by atoms with E-state index in [0.717, 1.165) is 10.5 Å². The molecular weight excluding hydrogens is 241 g/mol. The average molecular weight is 252 g/mol. The number of aliphatic hydroxyl groups excluding tert-OH is 1. The normalized spacial score (nSPS) is 12.6. The molecule has 1 heterocycles. The van der Waals surface area contributed by atoms with Crippen molar-refractivity contribution in [3.8, 4) is 0 Å². The van der Waals surface area contributed by atoms with Crippen LogP contribution in [0.5, 0.6) is 0 Å². The zero-order valence-electron chi connectivity index (χ0n) is 7.92. The summed E-state index contributed by atoms with van der Waals surface area (Å²) in [6, 6.07) is 0. The first-order valence-electron chi connectivity index (χ1n) is 4.17. The van der Waals surface area contributed by atoms with E-state index in [1.54, 1.807) is 0 Å². The molecule has 0 bridgehead atoms. The molecule has 78 valence electrons. The Kier molecular flexibility index (Phi) is 4.38. The molecule has 1 rings (SSSR count). The number of nitrogens with zero attached hydrogens (tertiary/aromatic N) is 1. The highest BCUT2D eigenvalue weighted by Gasteiger charge is 2.08. The molecule has 0 atom stereocenters. The van der Waals surface area contributed by atoms with Crippen LogP contribution in [0.4, 0.5) is 0 Å². The van der Waals surface area contributed by atoms with Gasteiger partial charge in [0, 0.05) is 0 Å². The van der Waals surface area contributed by atoms with Crippen LogP contribution in [0.3, 0.4) is 0 Å². The predicted octanol–water partition coefficient (Wildman–Crippen LogP) is 3.48. The van der Waals surface area contributed by atoms with E-state index in [9.17, 15) is 0 Å². The van der Waals surface area contributed by atoms with Crippen molar-refractivity contribution >= 4 is 40.6 Å². The molecule has 0 aliphatic rings. The van der Waals surface area contributed by atoms with Gasteiger partial charge in [0.1, 0.15) is 5.15 Å². The van der Waals surface area contributed by atoms with Crippen LogP contribution in [-0.2, 0) is 0 Å². The van der Waals surface area contributed by atoms with Crippen LogP contribution < -0.4 is 0 Å². The van der Waals surface area contributed by atoms with Crippen molar-refractivity contribution in [3.63, 3.8) is 0 Å². The predicted molar refractivity (Wildman–Crippen MR) is 62.0 cm³/mol. The summed E-state index contributed by atoms with van der Waals surface area (Å²) in [7, 11) is 0. The molecule has 5 heteroatoms. The molecule has 0 aliphatic heterocycles. The number of hydrogen-bond acceptors (Lipinski definition) is 3. The van der Waals surface area contributed by atoms with Crippen LogP contribution in [0.15, 0.2) is 5.57 Å². The summed E-state index contributed by atoms with van der Waals surface area (Å²) in [5, 5.41) is 9.49. The Balaban J connectivity index is 3.00. The van der Waals surface area contributed by atoms with Crippen LogP contribution in [0.1, 0.15) is 18.7 Å². The van der Waals surface area contributed by atoms with Gasteiger partial charge in [-0.2, -0.15) is 0 Å². The van der Waals surface area contributed by atoms with Crippen LogP contribution >= 0.6 is 34.5 Å². The number of hydrogen-bond donors (Lipinski definition) is 1. The number of halogens is 2. The Hall–Kier alpha value is -0.0900. The SMILES string of the molecule is CC(C)C(=Cc1sc(Cl)nc1Cl)CO. The van der Waals surface area contributed by atoms with E-state index in [4.69, 9.17) is 28.3 Å². The van der Waals surface area contributed by atoms with Gasteiger partial charge in [-0.3, -0.25) is 0 Å². The molecule has 2 nitrogen and oxygen atoms in total. The van der Waals surface area contributed by atoms with Crippen LogP contribution in [-0.4, -0.2) is 16.7 Å². The Labute approximate surface area is 97.2 Å². The summed E-state index contributed by atoms with van der Waals surface area (Å²) in [4.78, 5) is 4.68. The minimum absolute atomic E-state index is 0.0313. The van der Waals surface area contributed by atoms with Gasteiger partial charge in [-0.25, -0.2) is 4.98 Å². The van der Waals surface area contributed by atoms with Gasteiger partial charge in [-0.05, 0) is 17.6 Å². The largest absolute Gasteiger partial charge is 0.392 e. The van der Waals surface area contributed by atoms with E-state index in [1.807, 2.05) is 19.9 Å². The monoisotopic (exact) mass is 251 g/mol. The number of aromatic nitrogens is 1. The highest BCUT2D eigenvalue weighted by Crippen LogP contribution is 2.29. The van der Waals surface area contributed by atoms with Crippen molar-refractivity contribution in [2.24, 2.45) is 5.92 Å². The molecule has 0 saturated heterocycles. The lowest BCUT2D eigenvalue weighted by Crippen LogP contribution is -1.98. The number of rotatable bonds is 3. The van der Waals surface area contributed by atoms with Gasteiger partial charge in [-0.1, -0.05) is 37.0 Å². The van der Waals surface area contributed by atoms with Gasteiger partial charge >= 0.3 is 0 Å². The van der Waals surface area contributed by atoms with E-state index >= 15 is 0 Å². The zero-order chi connectivity index (χ0) is 10.7. The second kappa shape index (κ2) is 5.12. The third-order valence-electron chi connectivity index (χ3n) is 1.82. The van der Waals surface area contributed by atoms with Gasteiger partial charge in [0.05, 0.1) is 11.5 Å². The molecule has 0 amide bonds. The van der Waals surface area contributed by atoms with E-state index in [-0.39, 0.29) is 12.5 Å². The lowest BCUT2D eigenvalue weighted by Gasteiger charge is -2.06. The van der Waals surface area contributed by atoms with Crippen molar-refractivity contribution in [2.45, 2.75) is 13.8 Å². The van der Waals surface area contributed by atoms with Gasteiger partial charge in [-0.15, -0.1) is 11.3 Å². The first kappa shape index (κ1) is 12.0. The van der Waals surface area contributed by atoms with E-state index in [2.05, 4.69) is 4.98 Å². The summed E-state index contributed by atoms with van der Waals surface area (Å²) in [6.45, 7) is 4.06. The van der Waals surface area contributed by atoms with Crippen molar-refractivity contribution in [3.05, 3.63) is 20.1 Å². The van der Waals surface area contributed by atoms with E-state index < -0.39 is 0 Å². The molecular formula is C9H11Cl2NOS. The molecule has 0 radical (unpaired) electrons. The first-order chi connectivity index (χ1) is 6.54. The third kappa shape index (κ3) is 2.95. The fraction of sp³-hybridized carbons (Fsp3) is 0.444. The molecule has 0 aliphatic carbocycles. The van der Waals surface area contributed by atoms with Crippen molar-refractivity contribution in [2.75, 3.05) is 6.61 Å². The second-order valence-electron chi connectivity index (χ2n) is 3.15. The van der Waals surface area contributed by atoms with E-state index in [0.29, 0.717) is 9.62 Å². The first-order valence-corrected chi connectivity index (χ1v) is 5.75. The van der Waals surface area contributed by atoms with Crippen LogP contribution in [0, 0.1) is 5.92 Å². The van der Waals surface area contributed by atoms with E-state index in [1.165, 1.54) is 11.3 Å². The molecule has 0 saturated carbocycles. The molecule has 0 aromatic carbocycles. The summed E-state index contributed by atoms with van der Waals surface area (Å²) in [5.41, 5.74) is 0.923. The Morgan fingerprint density at radius 3 is 2.57 bits per heavy atom. The minimum Gasteiger partial charge on any atom is -0.392 e. The average Bonchev–Trinajstić information content (AvgIpc) is 2.40. The standard InChI is InChI=1S/C9H11Cl2NOS/c1-5(2)6(4-13)3-7-8(10)12-9(11)14-7/h3,5,13H,4H2,1-2H3. The lowest BCUT2D eigenvalue weighted by molar-refractivity contribution is 0.320. The van der Waals surface area contributed by atoms with Crippen molar-refractivity contribution in [1.82, 2.24) is 4.98 Å². The van der Waals surface area contributed by atoms with Gasteiger partial charge in [0.2, 0.25) is 0 Å². The Morgan fingerprint density at radius 1 is 1.57 bits per heavy atom. The lowest BCUT2D eigenvalue weighted by atomic mass is 10.0.